The van der Waals surface area contributed by atoms with Crippen molar-refractivity contribution in [2.24, 2.45) is 17.8 Å². The number of alkyl halides is 3. The molecular weight excluding hydrogens is 237 g/mol. The lowest BCUT2D eigenvalue weighted by Gasteiger charge is -2.36. The third-order valence-corrected chi connectivity index (χ3v) is 3.84. The summed E-state index contributed by atoms with van der Waals surface area (Å²) >= 11 is 0. The topological polar surface area (TPSA) is 46.5 Å². The number of fused-ring (bicyclic) bond motifs is 1. The van der Waals surface area contributed by atoms with E-state index in [4.69, 9.17) is 9.84 Å². The lowest BCUT2D eigenvalue weighted by molar-refractivity contribution is -0.201. The summed E-state index contributed by atoms with van der Waals surface area (Å²) in [5, 5.41) is 9.03. The van der Waals surface area contributed by atoms with E-state index in [0.717, 1.165) is 0 Å². The molecule has 2 aliphatic rings. The summed E-state index contributed by atoms with van der Waals surface area (Å²) in [5.41, 5.74) is 0. The lowest BCUT2D eigenvalue weighted by Crippen LogP contribution is -2.42. The molecule has 1 saturated carbocycles. The Bertz CT molecular complexity index is 316. The number of carboxylic acid groups (broad SMARTS) is 1. The van der Waals surface area contributed by atoms with E-state index in [0.29, 0.717) is 6.42 Å². The molecule has 0 aromatic heterocycles. The second-order valence-electron chi connectivity index (χ2n) is 5.04. The molecule has 2 fully saturated rings. The van der Waals surface area contributed by atoms with Crippen LogP contribution in [0.2, 0.25) is 0 Å². The molecule has 0 aromatic carbocycles. The molecule has 6 heteroatoms. The van der Waals surface area contributed by atoms with Crippen molar-refractivity contribution in [3.8, 4) is 0 Å². The number of hydrogen-bond acceptors (Lipinski definition) is 2. The van der Waals surface area contributed by atoms with Gasteiger partial charge in [0.1, 0.15) is 0 Å². The normalized spacial score (nSPS) is 42.2. The first kappa shape index (κ1) is 12.7. The van der Waals surface area contributed by atoms with Crippen LogP contribution >= 0.6 is 0 Å². The summed E-state index contributed by atoms with van der Waals surface area (Å²) in [6.07, 6.45) is -4.87. The van der Waals surface area contributed by atoms with Gasteiger partial charge in [-0.05, 0) is 26.2 Å². The van der Waals surface area contributed by atoms with Crippen molar-refractivity contribution in [3.05, 3.63) is 0 Å². The van der Waals surface area contributed by atoms with Gasteiger partial charge >= 0.3 is 12.1 Å². The third-order valence-electron chi connectivity index (χ3n) is 3.84. The smallest absolute Gasteiger partial charge is 0.391 e. The maximum Gasteiger partial charge on any atom is 0.391 e. The van der Waals surface area contributed by atoms with E-state index in [2.05, 4.69) is 0 Å². The Hall–Kier alpha value is -0.780. The van der Waals surface area contributed by atoms with Crippen LogP contribution in [0.1, 0.15) is 26.2 Å². The van der Waals surface area contributed by atoms with Gasteiger partial charge in [0.15, 0.2) is 0 Å². The molecule has 1 saturated heterocycles. The molecular formula is C11H15F3O3. The highest BCUT2D eigenvalue weighted by Gasteiger charge is 2.53. The van der Waals surface area contributed by atoms with Gasteiger partial charge in [-0.2, -0.15) is 13.2 Å². The molecule has 0 amide bonds. The highest BCUT2D eigenvalue weighted by atomic mass is 19.4. The predicted molar refractivity (Wildman–Crippen MR) is 52.3 cm³/mol. The van der Waals surface area contributed by atoms with Crippen LogP contribution in [0.15, 0.2) is 0 Å². The Morgan fingerprint density at radius 1 is 1.29 bits per heavy atom. The summed E-state index contributed by atoms with van der Waals surface area (Å²) in [7, 11) is 0. The van der Waals surface area contributed by atoms with Crippen LogP contribution in [0.3, 0.4) is 0 Å². The van der Waals surface area contributed by atoms with E-state index >= 15 is 0 Å². The van der Waals surface area contributed by atoms with E-state index < -0.39 is 30.1 Å². The molecule has 0 aromatic rings. The Morgan fingerprint density at radius 3 is 2.47 bits per heavy atom. The van der Waals surface area contributed by atoms with Crippen LogP contribution in [-0.4, -0.2) is 29.5 Å². The van der Waals surface area contributed by atoms with Gasteiger partial charge in [-0.1, -0.05) is 0 Å². The monoisotopic (exact) mass is 252 g/mol. The second kappa shape index (κ2) is 4.15. The van der Waals surface area contributed by atoms with Crippen LogP contribution in [0.4, 0.5) is 13.2 Å². The second-order valence-corrected chi connectivity index (χ2v) is 5.04. The van der Waals surface area contributed by atoms with Crippen LogP contribution in [0.25, 0.3) is 0 Å². The maximum absolute atomic E-state index is 12.7. The Morgan fingerprint density at radius 2 is 1.94 bits per heavy atom. The first-order valence-electron chi connectivity index (χ1n) is 5.74. The zero-order chi connectivity index (χ0) is 12.8. The van der Waals surface area contributed by atoms with Crippen LogP contribution < -0.4 is 0 Å². The summed E-state index contributed by atoms with van der Waals surface area (Å²) in [6.45, 7) is 1.78. The van der Waals surface area contributed by atoms with E-state index in [1.165, 1.54) is 0 Å². The molecule has 0 spiro atoms. The van der Waals surface area contributed by atoms with E-state index in [-0.39, 0.29) is 24.9 Å². The molecule has 1 N–H and O–H groups in total. The fourth-order valence-corrected chi connectivity index (χ4v) is 3.05. The van der Waals surface area contributed by atoms with Gasteiger partial charge in [-0.25, -0.2) is 0 Å². The maximum atomic E-state index is 12.7. The van der Waals surface area contributed by atoms with Crippen molar-refractivity contribution < 1.29 is 27.8 Å². The van der Waals surface area contributed by atoms with Gasteiger partial charge in [0, 0.05) is 5.92 Å². The number of rotatable bonds is 1. The number of halogens is 3. The van der Waals surface area contributed by atoms with Crippen LogP contribution in [-0.2, 0) is 9.53 Å². The average Bonchev–Trinajstić information content (AvgIpc) is 2.54. The molecule has 17 heavy (non-hydrogen) atoms. The fraction of sp³-hybridized carbons (Fsp3) is 0.909. The van der Waals surface area contributed by atoms with Gasteiger partial charge in [0.05, 0.1) is 24.0 Å². The summed E-state index contributed by atoms with van der Waals surface area (Å²) in [5.74, 6) is -3.87. The molecule has 1 aliphatic carbocycles. The van der Waals surface area contributed by atoms with Crippen molar-refractivity contribution in [2.45, 2.75) is 44.6 Å². The summed E-state index contributed by atoms with van der Waals surface area (Å²) < 4.78 is 43.5. The molecule has 0 unspecified atom stereocenters. The Kier molecular flexibility index (Phi) is 3.10. The number of carbonyl (C=O) groups is 1. The highest BCUT2D eigenvalue weighted by molar-refractivity contribution is 5.70. The van der Waals surface area contributed by atoms with Gasteiger partial charge < -0.3 is 9.84 Å². The number of aliphatic carboxylic acids is 1. The SMILES string of the molecule is C[C@@H]1C[C@@H]2[C@@H](C(=O)O)C[C@H](C(F)(F)F)C[C@H]2O1. The molecule has 1 heterocycles. The standard InChI is InChI=1S/C11H15F3O3/c1-5-2-7-8(10(15)16)3-6(11(12,13)14)4-9(7)17-5/h5-9H,2-4H2,1H3,(H,15,16)/t5-,6+,7-,8+,9-/m1/s1. The zero-order valence-corrected chi connectivity index (χ0v) is 9.41. The number of carboxylic acids is 1. The molecule has 0 bridgehead atoms. The molecule has 0 radical (unpaired) electrons. The van der Waals surface area contributed by atoms with Crippen molar-refractivity contribution in [1.29, 1.82) is 0 Å². The van der Waals surface area contributed by atoms with Crippen molar-refractivity contribution >= 4 is 5.97 Å². The first-order valence-corrected chi connectivity index (χ1v) is 5.74. The average molecular weight is 252 g/mol. The third kappa shape index (κ3) is 2.41. The highest BCUT2D eigenvalue weighted by Crippen LogP contribution is 2.48. The van der Waals surface area contributed by atoms with Crippen molar-refractivity contribution in [2.75, 3.05) is 0 Å². The number of hydrogen-bond donors (Lipinski definition) is 1. The fourth-order valence-electron chi connectivity index (χ4n) is 3.05. The van der Waals surface area contributed by atoms with Crippen LogP contribution in [0.5, 0.6) is 0 Å². The largest absolute Gasteiger partial charge is 0.481 e. The van der Waals surface area contributed by atoms with Gasteiger partial charge in [-0.15, -0.1) is 0 Å². The molecule has 2 rings (SSSR count). The quantitative estimate of drug-likeness (QED) is 0.779. The number of ether oxygens (including phenoxy) is 1. The Balaban J connectivity index is 2.18. The molecule has 5 atom stereocenters. The van der Waals surface area contributed by atoms with Crippen molar-refractivity contribution in [1.82, 2.24) is 0 Å². The van der Waals surface area contributed by atoms with Gasteiger partial charge in [0.25, 0.3) is 0 Å². The van der Waals surface area contributed by atoms with Gasteiger partial charge in [-0.3, -0.25) is 4.79 Å². The van der Waals surface area contributed by atoms with Crippen molar-refractivity contribution in [3.63, 3.8) is 0 Å². The summed E-state index contributed by atoms with van der Waals surface area (Å²) in [4.78, 5) is 11.1. The molecule has 3 nitrogen and oxygen atoms in total. The van der Waals surface area contributed by atoms with E-state index in [1.807, 2.05) is 0 Å². The summed E-state index contributed by atoms with van der Waals surface area (Å²) in [6, 6.07) is 0. The Labute approximate surface area is 96.9 Å². The first-order chi connectivity index (χ1) is 7.79. The lowest BCUT2D eigenvalue weighted by atomic mass is 9.71. The van der Waals surface area contributed by atoms with Crippen LogP contribution in [0, 0.1) is 17.8 Å². The van der Waals surface area contributed by atoms with E-state index in [1.54, 1.807) is 6.92 Å². The minimum absolute atomic E-state index is 0.0950. The molecule has 1 aliphatic heterocycles. The zero-order valence-electron chi connectivity index (χ0n) is 9.41. The molecule has 98 valence electrons. The minimum atomic E-state index is -4.33. The predicted octanol–water partition coefficient (Wildman–Crippen LogP) is 2.45. The van der Waals surface area contributed by atoms with E-state index in [9.17, 15) is 18.0 Å². The van der Waals surface area contributed by atoms with Gasteiger partial charge in [0.2, 0.25) is 0 Å². The minimum Gasteiger partial charge on any atom is -0.481 e.